The van der Waals surface area contributed by atoms with Crippen molar-refractivity contribution in [2.24, 2.45) is 0 Å². The van der Waals surface area contributed by atoms with E-state index >= 15 is 0 Å². The van der Waals surface area contributed by atoms with Gasteiger partial charge in [-0.3, -0.25) is 9.59 Å². The number of aryl methyl sites for hydroxylation is 1. The average Bonchev–Trinajstić information content (AvgIpc) is 2.67. The lowest BCUT2D eigenvalue weighted by molar-refractivity contribution is -0.393. The molecule has 0 aliphatic heterocycles. The Kier molecular flexibility index (Phi) is 7.16. The Morgan fingerprint density at radius 1 is 1.13 bits per heavy atom. The number of halogens is 3. The highest BCUT2D eigenvalue weighted by Crippen LogP contribution is 2.44. The number of methoxy groups -OCH3 is 1. The van der Waals surface area contributed by atoms with Crippen molar-refractivity contribution < 1.29 is 32.3 Å². The van der Waals surface area contributed by atoms with Gasteiger partial charge in [0.05, 0.1) is 0 Å². The van der Waals surface area contributed by atoms with Crippen molar-refractivity contribution in [1.29, 1.82) is 0 Å². The van der Waals surface area contributed by atoms with Crippen molar-refractivity contribution >= 4 is 17.6 Å². The monoisotopic (exact) mass is 425 g/mol. The van der Waals surface area contributed by atoms with Gasteiger partial charge in [0.15, 0.2) is 0 Å². The number of hydroxylamine groups is 1. The summed E-state index contributed by atoms with van der Waals surface area (Å²) in [4.78, 5) is 32.5. The summed E-state index contributed by atoms with van der Waals surface area (Å²) in [5.41, 5.74) is 2.47. The first-order valence-electron chi connectivity index (χ1n) is 8.91. The van der Waals surface area contributed by atoms with Gasteiger partial charge in [-0.25, -0.2) is 15.3 Å². The number of ether oxygens (including phenoxy) is 1. The molecule has 2 unspecified atom stereocenters. The first-order chi connectivity index (χ1) is 14.0. The van der Waals surface area contributed by atoms with Gasteiger partial charge in [-0.15, -0.1) is 0 Å². The Morgan fingerprint density at radius 3 is 2.30 bits per heavy atom. The minimum atomic E-state index is -5.02. The van der Waals surface area contributed by atoms with Gasteiger partial charge >= 0.3 is 6.18 Å². The number of anilines is 1. The summed E-state index contributed by atoms with van der Waals surface area (Å²) >= 11 is 0. The van der Waals surface area contributed by atoms with Crippen LogP contribution < -0.4 is 10.8 Å². The second kappa shape index (κ2) is 9.23. The van der Waals surface area contributed by atoms with E-state index in [0.29, 0.717) is 5.69 Å². The van der Waals surface area contributed by atoms with E-state index in [0.717, 1.165) is 7.11 Å². The Morgan fingerprint density at radius 2 is 1.77 bits per heavy atom. The van der Waals surface area contributed by atoms with Gasteiger partial charge in [0.25, 0.3) is 11.7 Å². The molecule has 0 radical (unpaired) electrons. The fraction of sp³-hybridized carbons (Fsp3) is 0.350. The lowest BCUT2D eigenvalue weighted by Gasteiger charge is -2.38. The Bertz CT molecular complexity index is 906. The Balaban J connectivity index is 2.39. The summed E-state index contributed by atoms with van der Waals surface area (Å²) < 4.78 is 47.1. The second-order valence-corrected chi connectivity index (χ2v) is 6.60. The summed E-state index contributed by atoms with van der Waals surface area (Å²) in [5, 5.41) is 2.44. The van der Waals surface area contributed by atoms with E-state index in [1.165, 1.54) is 38.1 Å². The quantitative estimate of drug-likeness (QED) is 0.521. The number of rotatable bonds is 7. The van der Waals surface area contributed by atoms with Crippen LogP contribution >= 0.6 is 0 Å². The Hall–Kier alpha value is -2.98. The van der Waals surface area contributed by atoms with Crippen molar-refractivity contribution in [2.75, 3.05) is 12.4 Å². The van der Waals surface area contributed by atoms with Crippen molar-refractivity contribution in [3.05, 3.63) is 59.3 Å². The predicted molar refractivity (Wildman–Crippen MR) is 102 cm³/mol. The van der Waals surface area contributed by atoms with E-state index in [-0.39, 0.29) is 16.9 Å². The van der Waals surface area contributed by atoms with E-state index in [9.17, 15) is 22.8 Å². The van der Waals surface area contributed by atoms with E-state index < -0.39 is 29.7 Å². The number of hydrogen-bond donors (Lipinski definition) is 2. The molecule has 1 aromatic carbocycles. The molecule has 2 amide bonds. The fourth-order valence-corrected chi connectivity index (χ4v) is 2.91. The minimum Gasteiger partial charge on any atom is -0.344 e. The van der Waals surface area contributed by atoms with Crippen LogP contribution in [-0.2, 0) is 14.4 Å². The molecule has 1 aromatic heterocycles. The number of hydrogen-bond acceptors (Lipinski definition) is 5. The van der Waals surface area contributed by atoms with Gasteiger partial charge in [-0.05, 0) is 36.8 Å². The summed E-state index contributed by atoms with van der Waals surface area (Å²) in [5.74, 6) is -5.83. The van der Waals surface area contributed by atoms with Gasteiger partial charge in [0.1, 0.15) is 5.82 Å². The number of nitrogens with one attached hydrogen (secondary N) is 2. The smallest absolute Gasteiger partial charge is 0.344 e. The maximum atomic E-state index is 14.1. The molecular weight excluding hydrogens is 403 g/mol. The van der Waals surface area contributed by atoms with E-state index in [1.54, 1.807) is 25.1 Å². The molecule has 2 atom stereocenters. The topological polar surface area (TPSA) is 89.6 Å². The van der Waals surface area contributed by atoms with Gasteiger partial charge in [-0.1, -0.05) is 25.1 Å². The number of nitrogens with zero attached hydrogens (tertiary/aromatic N) is 1. The molecule has 0 fully saturated rings. The van der Waals surface area contributed by atoms with Crippen LogP contribution in [0.2, 0.25) is 0 Å². The molecule has 0 saturated heterocycles. The SMILES string of the molecule is COC(ONC(=O)c1ccccc1)(C(C)c1cc(C)nc(NC(C)=O)c1)C(F)(F)F. The number of benzene rings is 1. The zero-order chi connectivity index (χ0) is 22.5. The lowest BCUT2D eigenvalue weighted by atomic mass is 9.91. The lowest BCUT2D eigenvalue weighted by Crippen LogP contribution is -2.56. The molecule has 10 heteroatoms. The van der Waals surface area contributed by atoms with Crippen LogP contribution in [0.3, 0.4) is 0 Å². The van der Waals surface area contributed by atoms with Crippen LogP contribution in [0.4, 0.5) is 19.0 Å². The molecule has 0 spiro atoms. The maximum absolute atomic E-state index is 14.1. The average molecular weight is 425 g/mol. The van der Waals surface area contributed by atoms with E-state index in [2.05, 4.69) is 10.3 Å². The highest BCUT2D eigenvalue weighted by atomic mass is 19.4. The molecular formula is C20H22F3N3O4. The standard InChI is InChI=1S/C20H22F3N3O4/c1-12-10-16(11-17(24-12)25-14(3)27)13(2)19(29-4,20(21,22)23)30-26-18(28)15-8-6-5-7-9-15/h5-11,13H,1-4H3,(H,26,28)(H,24,25,27). The number of alkyl halides is 3. The molecule has 7 nitrogen and oxygen atoms in total. The third-order valence-corrected chi connectivity index (χ3v) is 4.38. The van der Waals surface area contributed by atoms with Crippen molar-refractivity contribution in [2.45, 2.75) is 38.7 Å². The van der Waals surface area contributed by atoms with Crippen LogP contribution in [0.25, 0.3) is 0 Å². The largest absolute Gasteiger partial charge is 0.446 e. The third-order valence-electron chi connectivity index (χ3n) is 4.38. The molecule has 2 aromatic rings. The number of amides is 2. The van der Waals surface area contributed by atoms with Gasteiger partial charge in [0.2, 0.25) is 5.91 Å². The molecule has 0 aliphatic carbocycles. The zero-order valence-electron chi connectivity index (χ0n) is 16.8. The van der Waals surface area contributed by atoms with Crippen LogP contribution in [0.1, 0.15) is 41.4 Å². The number of carbonyl (C=O) groups is 2. The van der Waals surface area contributed by atoms with Gasteiger partial charge in [-0.2, -0.15) is 13.2 Å². The van der Waals surface area contributed by atoms with E-state index in [4.69, 9.17) is 9.57 Å². The van der Waals surface area contributed by atoms with Crippen LogP contribution in [0.15, 0.2) is 42.5 Å². The van der Waals surface area contributed by atoms with Crippen molar-refractivity contribution in [1.82, 2.24) is 10.5 Å². The summed E-state index contributed by atoms with van der Waals surface area (Å²) in [7, 11) is 0.835. The molecule has 1 heterocycles. The maximum Gasteiger partial charge on any atom is 0.446 e. The van der Waals surface area contributed by atoms with Crippen molar-refractivity contribution in [3.8, 4) is 0 Å². The second-order valence-electron chi connectivity index (χ2n) is 6.60. The summed E-state index contributed by atoms with van der Waals surface area (Å²) in [6.45, 7) is 4.06. The summed E-state index contributed by atoms with van der Waals surface area (Å²) in [6.07, 6.45) is -5.02. The van der Waals surface area contributed by atoms with Gasteiger partial charge in [0, 0.05) is 31.2 Å². The molecule has 2 rings (SSSR count). The van der Waals surface area contributed by atoms with Crippen LogP contribution in [0.5, 0.6) is 0 Å². The highest BCUT2D eigenvalue weighted by Gasteiger charge is 2.62. The molecule has 0 bridgehead atoms. The molecule has 162 valence electrons. The van der Waals surface area contributed by atoms with E-state index in [1.807, 2.05) is 5.48 Å². The van der Waals surface area contributed by atoms with Gasteiger partial charge < -0.3 is 10.1 Å². The first kappa shape index (κ1) is 23.3. The normalized spacial score (nSPS) is 14.5. The third kappa shape index (κ3) is 5.14. The molecule has 0 saturated carbocycles. The molecule has 30 heavy (non-hydrogen) atoms. The van der Waals surface area contributed by atoms with Crippen LogP contribution in [0, 0.1) is 6.92 Å². The highest BCUT2D eigenvalue weighted by molar-refractivity contribution is 5.93. The molecule has 2 N–H and O–H groups in total. The Labute approximate surface area is 171 Å². The van der Waals surface area contributed by atoms with Crippen LogP contribution in [-0.4, -0.2) is 35.9 Å². The molecule has 0 aliphatic rings. The number of carbonyl (C=O) groups excluding carboxylic acids is 2. The summed E-state index contributed by atoms with van der Waals surface area (Å²) in [6, 6.07) is 10.3. The first-order valence-corrected chi connectivity index (χ1v) is 8.91. The minimum absolute atomic E-state index is 0.0878. The number of aromatic nitrogens is 1. The fourth-order valence-electron chi connectivity index (χ4n) is 2.91. The number of pyridine rings is 1. The van der Waals surface area contributed by atoms with Crippen molar-refractivity contribution in [3.63, 3.8) is 0 Å². The zero-order valence-corrected chi connectivity index (χ0v) is 16.8. The predicted octanol–water partition coefficient (Wildman–Crippen LogP) is 3.72.